The topological polar surface area (TPSA) is 86.6 Å². The molecular weight excluding hydrogens is 946 g/mol. The molecule has 0 saturated carbocycles. The first kappa shape index (κ1) is 44.2. The smallest absolute Gasteiger partial charge is 0.537 e. The number of rotatable bonds is 9. The Bertz CT molecular complexity index is 2080. The maximum absolute atomic E-state index is 13.1. The van der Waals surface area contributed by atoms with Gasteiger partial charge >= 0.3 is 15.4 Å². The second kappa shape index (κ2) is 23.6. The summed E-state index contributed by atoms with van der Waals surface area (Å²) in [6.07, 6.45) is 0. The van der Waals surface area contributed by atoms with Crippen molar-refractivity contribution in [3.05, 3.63) is 157 Å². The zero-order chi connectivity index (χ0) is 39.5. The minimum atomic E-state index is -0.389. The van der Waals surface area contributed by atoms with Crippen LogP contribution in [0.25, 0.3) is 22.3 Å². The highest BCUT2D eigenvalue weighted by Gasteiger charge is 2.08. The Morgan fingerprint density at radius 1 is 0.481 bits per heavy atom. The minimum Gasteiger partial charge on any atom is -0.537 e. The molecule has 0 heterocycles. The van der Waals surface area contributed by atoms with Gasteiger partial charge in [0.1, 0.15) is 40.4 Å². The second-order valence-electron chi connectivity index (χ2n) is 10.4. The summed E-state index contributed by atoms with van der Waals surface area (Å²) in [6.45, 7) is 0. The average molecular weight is 978 g/mol. The summed E-state index contributed by atoms with van der Waals surface area (Å²) in [5.74, 6) is 1.83. The number of ether oxygens (including phenoxy) is 3. The van der Waals surface area contributed by atoms with Gasteiger partial charge in [-0.05, 0) is 156 Å². The van der Waals surface area contributed by atoms with Crippen LogP contribution in [0.2, 0.25) is 0 Å². The van der Waals surface area contributed by atoms with E-state index in [2.05, 4.69) is 59.1 Å². The van der Waals surface area contributed by atoms with Crippen LogP contribution in [0.4, 0.5) is 13.2 Å². The standard InChI is InChI=1S/C13H11BFO3.C13H10BrFO.C7H6BrIO.C6H5BFO2/c1-17-13-8-10(5-6-12(13)18-14-16)9-3-2-4-11(15)7-9;1-16-13-8-10(5-6-12(13)14)9-3-2-4-11(15)7-9;1-10-7-4-5(9)2-3-6(7)8;8-5-2-1-3-6(4-5)10-7-9/h2-8,16H,1H3;2-8H,1H3;2-4H,1H3;1-4,9H. The fourth-order valence-electron chi connectivity index (χ4n) is 4.41. The zero-order valence-corrected chi connectivity index (χ0v) is 34.3. The highest BCUT2D eigenvalue weighted by Crippen LogP contribution is 2.33. The predicted octanol–water partition coefficient (Wildman–Crippen LogP) is 10.5. The van der Waals surface area contributed by atoms with Crippen LogP contribution >= 0.6 is 54.5 Å². The van der Waals surface area contributed by atoms with E-state index in [4.69, 9.17) is 28.9 Å². The molecule has 6 aromatic rings. The van der Waals surface area contributed by atoms with E-state index in [0.717, 1.165) is 42.7 Å². The fraction of sp³-hybridized carbons (Fsp3) is 0.0769. The van der Waals surface area contributed by atoms with Crippen LogP contribution in [0.5, 0.6) is 28.7 Å². The third-order valence-corrected chi connectivity index (χ3v) is 8.89. The Morgan fingerprint density at radius 2 is 0.926 bits per heavy atom. The van der Waals surface area contributed by atoms with E-state index in [0.29, 0.717) is 26.9 Å². The molecule has 0 aliphatic rings. The Balaban J connectivity index is 0.000000200. The van der Waals surface area contributed by atoms with E-state index < -0.39 is 0 Å². The van der Waals surface area contributed by atoms with Gasteiger partial charge in [0.25, 0.3) is 0 Å². The van der Waals surface area contributed by atoms with Gasteiger partial charge in [-0.1, -0.05) is 42.5 Å². The average Bonchev–Trinajstić information content (AvgIpc) is 3.17. The third kappa shape index (κ3) is 14.6. The van der Waals surface area contributed by atoms with Crippen LogP contribution in [0.15, 0.2) is 136 Å². The van der Waals surface area contributed by atoms with Crippen molar-refractivity contribution in [1.29, 1.82) is 0 Å². The number of halogens is 6. The molecule has 0 aromatic heterocycles. The molecule has 0 aliphatic heterocycles. The van der Waals surface area contributed by atoms with Gasteiger partial charge < -0.3 is 33.6 Å². The van der Waals surface area contributed by atoms with Crippen LogP contribution in [0, 0.1) is 21.0 Å². The highest BCUT2D eigenvalue weighted by atomic mass is 127. The van der Waals surface area contributed by atoms with Gasteiger partial charge in [-0.3, -0.25) is 0 Å². The van der Waals surface area contributed by atoms with Crippen molar-refractivity contribution in [3.63, 3.8) is 0 Å². The summed E-state index contributed by atoms with van der Waals surface area (Å²) in [4.78, 5) is 0. The van der Waals surface area contributed by atoms with E-state index in [-0.39, 0.29) is 23.2 Å². The van der Waals surface area contributed by atoms with Crippen molar-refractivity contribution in [1.82, 2.24) is 0 Å². The molecule has 0 spiro atoms. The molecule has 278 valence electrons. The molecule has 0 amide bonds. The number of hydrogen-bond acceptors (Lipinski definition) is 7. The predicted molar refractivity (Wildman–Crippen MR) is 221 cm³/mol. The van der Waals surface area contributed by atoms with Gasteiger partial charge in [0.2, 0.25) is 0 Å². The van der Waals surface area contributed by atoms with Crippen molar-refractivity contribution in [2.45, 2.75) is 0 Å². The Hall–Kier alpha value is -4.15. The van der Waals surface area contributed by atoms with Gasteiger partial charge in [-0.15, -0.1) is 0 Å². The Labute approximate surface area is 344 Å². The van der Waals surface area contributed by atoms with Crippen molar-refractivity contribution < 1.29 is 46.7 Å². The molecule has 54 heavy (non-hydrogen) atoms. The molecule has 6 aromatic carbocycles. The first-order valence-corrected chi connectivity index (χ1v) is 18.2. The number of hydrogen-bond donors (Lipinski definition) is 2. The molecule has 2 N–H and O–H groups in total. The van der Waals surface area contributed by atoms with E-state index in [1.54, 1.807) is 50.6 Å². The lowest BCUT2D eigenvalue weighted by Crippen LogP contribution is -2.01. The van der Waals surface area contributed by atoms with Crippen molar-refractivity contribution >= 4 is 69.8 Å². The van der Waals surface area contributed by atoms with Crippen molar-refractivity contribution in [3.8, 4) is 51.0 Å². The molecule has 0 bridgehead atoms. The fourth-order valence-corrected chi connectivity index (χ4v) is 5.69. The van der Waals surface area contributed by atoms with Gasteiger partial charge in [-0.25, -0.2) is 13.2 Å². The van der Waals surface area contributed by atoms with Crippen LogP contribution in [-0.4, -0.2) is 46.7 Å². The maximum atomic E-state index is 13.1. The summed E-state index contributed by atoms with van der Waals surface area (Å²) in [7, 11) is 5.86. The third-order valence-electron chi connectivity index (χ3n) is 6.91. The molecule has 2 radical (unpaired) electrons. The van der Waals surface area contributed by atoms with E-state index >= 15 is 0 Å². The summed E-state index contributed by atoms with van der Waals surface area (Å²) in [5, 5.41) is 16.8. The molecule has 0 atom stereocenters. The van der Waals surface area contributed by atoms with E-state index in [1.807, 2.05) is 42.5 Å². The van der Waals surface area contributed by atoms with Gasteiger partial charge in [-0.2, -0.15) is 0 Å². The van der Waals surface area contributed by atoms with Crippen LogP contribution in [0.1, 0.15) is 0 Å². The van der Waals surface area contributed by atoms with Crippen molar-refractivity contribution in [2.24, 2.45) is 0 Å². The number of benzene rings is 6. The highest BCUT2D eigenvalue weighted by molar-refractivity contribution is 14.1. The van der Waals surface area contributed by atoms with Crippen molar-refractivity contribution in [2.75, 3.05) is 21.3 Å². The number of methoxy groups -OCH3 is 3. The molecule has 7 nitrogen and oxygen atoms in total. The molecule has 0 fully saturated rings. The molecule has 0 saturated heterocycles. The zero-order valence-electron chi connectivity index (χ0n) is 29.0. The lowest BCUT2D eigenvalue weighted by Gasteiger charge is -2.10. The second-order valence-corrected chi connectivity index (χ2v) is 13.4. The first-order valence-electron chi connectivity index (χ1n) is 15.5. The Morgan fingerprint density at radius 3 is 1.41 bits per heavy atom. The summed E-state index contributed by atoms with van der Waals surface area (Å²) >= 11 is 8.99. The van der Waals surface area contributed by atoms with Crippen LogP contribution in [0.3, 0.4) is 0 Å². The summed E-state index contributed by atoms with van der Waals surface area (Å²) in [5.41, 5.74) is 3.31. The molecular formula is C39H32B2Br2F3IO7. The van der Waals surface area contributed by atoms with E-state index in [9.17, 15) is 13.2 Å². The lowest BCUT2D eigenvalue weighted by atomic mass is 10.0. The van der Waals surface area contributed by atoms with Gasteiger partial charge in [0, 0.05) is 9.64 Å². The first-order chi connectivity index (χ1) is 26.0. The minimum absolute atomic E-state index is 0.237. The summed E-state index contributed by atoms with van der Waals surface area (Å²) < 4.78 is 66.4. The monoisotopic (exact) mass is 976 g/mol. The lowest BCUT2D eigenvalue weighted by molar-refractivity contribution is 0.382. The normalized spacial score (nSPS) is 9.76. The quantitative estimate of drug-likeness (QED) is 0.110. The van der Waals surface area contributed by atoms with Gasteiger partial charge in [0.15, 0.2) is 5.75 Å². The van der Waals surface area contributed by atoms with E-state index in [1.165, 1.54) is 59.2 Å². The van der Waals surface area contributed by atoms with Crippen LogP contribution < -0.4 is 23.5 Å². The van der Waals surface area contributed by atoms with Crippen LogP contribution in [-0.2, 0) is 0 Å². The SMILES string of the molecule is COc1cc(-c2cccc(F)c2)ccc1Br.COc1cc(-c2cccc(F)c2)ccc1O[B]O.COc1cc(I)ccc1Br.O[B]Oc1cccc(F)c1. The van der Waals surface area contributed by atoms with Gasteiger partial charge in [0.05, 0.1) is 30.3 Å². The largest absolute Gasteiger partial charge is 0.569 e. The summed E-state index contributed by atoms with van der Waals surface area (Å²) in [6, 6.07) is 35.0. The molecule has 0 unspecified atom stereocenters. The molecule has 0 aliphatic carbocycles. The maximum Gasteiger partial charge on any atom is 0.569 e. The molecule has 15 heteroatoms. The Kier molecular flexibility index (Phi) is 19.3. The molecule has 6 rings (SSSR count).